The minimum atomic E-state index is -0.182. The molecule has 0 amide bonds. The molecule has 10 heavy (non-hydrogen) atoms. The van der Waals surface area contributed by atoms with Crippen molar-refractivity contribution in [2.75, 3.05) is 0 Å². The van der Waals surface area contributed by atoms with E-state index in [9.17, 15) is 0 Å². The Hall–Kier alpha value is -0.0800. The molecule has 0 saturated heterocycles. The maximum absolute atomic E-state index is 5.89. The highest BCUT2D eigenvalue weighted by atomic mass is 14.8. The Morgan fingerprint density at radius 2 is 1.10 bits per heavy atom. The van der Waals surface area contributed by atoms with Gasteiger partial charge in [0, 0.05) is 11.1 Å². The van der Waals surface area contributed by atoms with Crippen molar-refractivity contribution in [3.8, 4) is 0 Å². The van der Waals surface area contributed by atoms with Crippen molar-refractivity contribution in [3.05, 3.63) is 0 Å². The van der Waals surface area contributed by atoms with E-state index >= 15 is 0 Å². The molecule has 0 aliphatic heterocycles. The number of hydrogen-bond acceptors (Lipinski definition) is 2. The van der Waals surface area contributed by atoms with E-state index in [4.69, 9.17) is 11.5 Å². The zero-order valence-corrected chi connectivity index (χ0v) is 7.73. The third-order valence-corrected chi connectivity index (χ3v) is 2.23. The number of hydrogen-bond donors (Lipinski definition) is 2. The smallest absolute Gasteiger partial charge is 0.0140 e. The fraction of sp³-hybridized carbons (Fsp3) is 1.00. The Morgan fingerprint density at radius 3 is 1.10 bits per heavy atom. The Labute approximate surface area is 64.0 Å². The normalized spacial score (nSPS) is 14.4. The summed E-state index contributed by atoms with van der Waals surface area (Å²) in [6.07, 6.45) is 0. The summed E-state index contributed by atoms with van der Waals surface area (Å²) in [5.41, 5.74) is 11.4. The molecule has 0 heterocycles. The van der Waals surface area contributed by atoms with Crippen LogP contribution in [0, 0.1) is 5.92 Å². The van der Waals surface area contributed by atoms with Crippen LogP contribution in [0.2, 0.25) is 0 Å². The van der Waals surface area contributed by atoms with Crippen LogP contribution in [-0.2, 0) is 0 Å². The van der Waals surface area contributed by atoms with Gasteiger partial charge >= 0.3 is 0 Å². The highest BCUT2D eigenvalue weighted by Crippen LogP contribution is 2.22. The van der Waals surface area contributed by atoms with Crippen LogP contribution in [0.1, 0.15) is 34.6 Å². The standard InChI is InChI=1S/C8H20N2/c1-6(7(2,3)9)8(4,5)10/h6H,9-10H2,1-5H3. The quantitative estimate of drug-likeness (QED) is 0.609. The lowest BCUT2D eigenvalue weighted by atomic mass is 9.77. The van der Waals surface area contributed by atoms with Crippen LogP contribution in [0.4, 0.5) is 0 Å². The van der Waals surface area contributed by atoms with E-state index in [-0.39, 0.29) is 11.1 Å². The van der Waals surface area contributed by atoms with Crippen molar-refractivity contribution in [1.82, 2.24) is 0 Å². The number of nitrogens with two attached hydrogens (primary N) is 2. The molecule has 0 rings (SSSR count). The van der Waals surface area contributed by atoms with Crippen LogP contribution in [0.5, 0.6) is 0 Å². The van der Waals surface area contributed by atoms with Crippen LogP contribution in [0.3, 0.4) is 0 Å². The average molecular weight is 144 g/mol. The van der Waals surface area contributed by atoms with Gasteiger partial charge in [0.1, 0.15) is 0 Å². The average Bonchev–Trinajstić information content (AvgIpc) is 1.59. The summed E-state index contributed by atoms with van der Waals surface area (Å²) in [4.78, 5) is 0. The first-order valence-corrected chi connectivity index (χ1v) is 3.73. The summed E-state index contributed by atoms with van der Waals surface area (Å²) < 4.78 is 0. The van der Waals surface area contributed by atoms with Gasteiger partial charge in [0.15, 0.2) is 0 Å². The monoisotopic (exact) mass is 144 g/mol. The second-order valence-electron chi connectivity index (χ2n) is 4.36. The summed E-state index contributed by atoms with van der Waals surface area (Å²) in [7, 11) is 0. The maximum Gasteiger partial charge on any atom is 0.0140 e. The zero-order chi connectivity index (χ0) is 8.58. The van der Waals surface area contributed by atoms with Crippen LogP contribution >= 0.6 is 0 Å². The van der Waals surface area contributed by atoms with Gasteiger partial charge in [0.2, 0.25) is 0 Å². The summed E-state index contributed by atoms with van der Waals surface area (Å²) >= 11 is 0. The minimum Gasteiger partial charge on any atom is -0.325 e. The van der Waals surface area contributed by atoms with Crippen molar-refractivity contribution in [3.63, 3.8) is 0 Å². The second-order valence-corrected chi connectivity index (χ2v) is 4.36. The Bertz CT molecular complexity index is 91.4. The molecule has 2 nitrogen and oxygen atoms in total. The van der Waals surface area contributed by atoms with Gasteiger partial charge in [-0.15, -0.1) is 0 Å². The van der Waals surface area contributed by atoms with E-state index in [0.29, 0.717) is 5.92 Å². The molecule has 0 radical (unpaired) electrons. The molecule has 0 bridgehead atoms. The molecule has 0 atom stereocenters. The SMILES string of the molecule is CC(C(C)(C)N)C(C)(C)N. The summed E-state index contributed by atoms with van der Waals surface area (Å²) in [6, 6.07) is 0. The van der Waals surface area contributed by atoms with Crippen LogP contribution < -0.4 is 11.5 Å². The molecule has 0 aliphatic carbocycles. The Morgan fingerprint density at radius 1 is 0.900 bits per heavy atom. The lowest BCUT2D eigenvalue weighted by Gasteiger charge is -2.37. The molecule has 0 fully saturated rings. The van der Waals surface area contributed by atoms with E-state index in [2.05, 4.69) is 6.92 Å². The van der Waals surface area contributed by atoms with E-state index in [1.165, 1.54) is 0 Å². The summed E-state index contributed by atoms with van der Waals surface area (Å²) in [5, 5.41) is 0. The Balaban J connectivity index is 4.23. The van der Waals surface area contributed by atoms with E-state index in [1.54, 1.807) is 0 Å². The first-order valence-electron chi connectivity index (χ1n) is 3.73. The van der Waals surface area contributed by atoms with Gasteiger partial charge in [-0.3, -0.25) is 0 Å². The van der Waals surface area contributed by atoms with Crippen molar-refractivity contribution >= 4 is 0 Å². The van der Waals surface area contributed by atoms with Gasteiger partial charge in [0.05, 0.1) is 0 Å². The molecule has 0 aromatic heterocycles. The van der Waals surface area contributed by atoms with Crippen molar-refractivity contribution < 1.29 is 0 Å². The molecular weight excluding hydrogens is 124 g/mol. The van der Waals surface area contributed by atoms with Crippen molar-refractivity contribution in [2.45, 2.75) is 45.7 Å². The lowest BCUT2D eigenvalue weighted by Crippen LogP contribution is -2.53. The van der Waals surface area contributed by atoms with E-state index in [0.717, 1.165) is 0 Å². The van der Waals surface area contributed by atoms with Crippen LogP contribution in [0.15, 0.2) is 0 Å². The van der Waals surface area contributed by atoms with Crippen LogP contribution in [0.25, 0.3) is 0 Å². The third kappa shape index (κ3) is 2.67. The Kier molecular flexibility index (Phi) is 2.49. The van der Waals surface area contributed by atoms with Gasteiger partial charge in [-0.05, 0) is 33.6 Å². The molecule has 0 spiro atoms. The molecular formula is C8H20N2. The second kappa shape index (κ2) is 2.51. The molecule has 4 N–H and O–H groups in total. The van der Waals surface area contributed by atoms with Gasteiger partial charge in [0.25, 0.3) is 0 Å². The predicted octanol–water partition coefficient (Wildman–Crippen LogP) is 1.10. The van der Waals surface area contributed by atoms with Crippen molar-refractivity contribution in [2.24, 2.45) is 17.4 Å². The highest BCUT2D eigenvalue weighted by molar-refractivity contribution is 4.91. The molecule has 0 aliphatic rings. The van der Waals surface area contributed by atoms with Gasteiger partial charge in [-0.1, -0.05) is 6.92 Å². The first kappa shape index (κ1) is 9.92. The molecule has 62 valence electrons. The topological polar surface area (TPSA) is 52.0 Å². The summed E-state index contributed by atoms with van der Waals surface area (Å²) in [6.45, 7) is 10.1. The third-order valence-electron chi connectivity index (χ3n) is 2.23. The minimum absolute atomic E-state index is 0.182. The fourth-order valence-corrected chi connectivity index (χ4v) is 0.959. The van der Waals surface area contributed by atoms with Gasteiger partial charge < -0.3 is 11.5 Å². The molecule has 0 aromatic carbocycles. The van der Waals surface area contributed by atoms with E-state index < -0.39 is 0 Å². The van der Waals surface area contributed by atoms with Gasteiger partial charge in [-0.25, -0.2) is 0 Å². The molecule has 0 unspecified atom stereocenters. The highest BCUT2D eigenvalue weighted by Gasteiger charge is 2.31. The van der Waals surface area contributed by atoms with E-state index in [1.807, 2.05) is 27.7 Å². The molecule has 0 saturated carbocycles. The number of rotatable bonds is 2. The zero-order valence-electron chi connectivity index (χ0n) is 7.73. The maximum atomic E-state index is 5.89. The summed E-state index contributed by atoms with van der Waals surface area (Å²) in [5.74, 6) is 0.319. The molecule has 2 heteroatoms. The lowest BCUT2D eigenvalue weighted by molar-refractivity contribution is 0.229. The van der Waals surface area contributed by atoms with Crippen LogP contribution in [-0.4, -0.2) is 11.1 Å². The first-order chi connectivity index (χ1) is 4.15. The molecule has 0 aromatic rings. The largest absolute Gasteiger partial charge is 0.325 e. The fourth-order valence-electron chi connectivity index (χ4n) is 0.959. The predicted molar refractivity (Wildman–Crippen MR) is 45.7 cm³/mol. The van der Waals surface area contributed by atoms with Crippen molar-refractivity contribution in [1.29, 1.82) is 0 Å². The van der Waals surface area contributed by atoms with Gasteiger partial charge in [-0.2, -0.15) is 0 Å².